The molecule has 0 radical (unpaired) electrons. The van der Waals surface area contributed by atoms with Gasteiger partial charge in [0.15, 0.2) is 0 Å². The SMILES string of the molecule is CC1(C)CN(C(=O)C2CNCCO2)CC(C)(C)O1. The minimum absolute atomic E-state index is 0.0756. The third-order valence-electron chi connectivity index (χ3n) is 3.21. The van der Waals surface area contributed by atoms with Crippen molar-refractivity contribution in [2.24, 2.45) is 0 Å². The Kier molecular flexibility index (Phi) is 3.67. The molecule has 2 fully saturated rings. The van der Waals surface area contributed by atoms with Crippen molar-refractivity contribution in [3.8, 4) is 0 Å². The lowest BCUT2D eigenvalue weighted by Gasteiger charge is -2.47. The van der Waals surface area contributed by atoms with Gasteiger partial charge in [0.2, 0.25) is 0 Å². The predicted molar refractivity (Wildman–Crippen MR) is 68.4 cm³/mol. The summed E-state index contributed by atoms with van der Waals surface area (Å²) in [6.45, 7) is 11.4. The Hall–Kier alpha value is -0.650. The number of hydrogen-bond donors (Lipinski definition) is 1. The monoisotopic (exact) mass is 256 g/mol. The van der Waals surface area contributed by atoms with Crippen molar-refractivity contribution in [1.82, 2.24) is 10.2 Å². The Bertz CT molecular complexity index is 306. The van der Waals surface area contributed by atoms with Gasteiger partial charge < -0.3 is 19.7 Å². The van der Waals surface area contributed by atoms with Gasteiger partial charge >= 0.3 is 0 Å². The molecule has 0 spiro atoms. The molecule has 5 heteroatoms. The smallest absolute Gasteiger partial charge is 0.253 e. The standard InChI is InChI=1S/C13H24N2O3/c1-12(2)8-15(9-13(3,4)18-12)11(16)10-7-14-5-6-17-10/h10,14H,5-9H2,1-4H3. The summed E-state index contributed by atoms with van der Waals surface area (Å²) in [5, 5.41) is 3.19. The Labute approximate surface area is 109 Å². The van der Waals surface area contributed by atoms with Crippen molar-refractivity contribution in [3.63, 3.8) is 0 Å². The van der Waals surface area contributed by atoms with Crippen LogP contribution in [0.15, 0.2) is 0 Å². The second-order valence-electron chi connectivity index (χ2n) is 6.38. The molecule has 0 aromatic rings. The average Bonchev–Trinajstić information content (AvgIpc) is 2.25. The molecule has 0 saturated carbocycles. The topological polar surface area (TPSA) is 50.8 Å². The van der Waals surface area contributed by atoms with Gasteiger partial charge in [-0.1, -0.05) is 0 Å². The maximum Gasteiger partial charge on any atom is 0.253 e. The quantitative estimate of drug-likeness (QED) is 0.737. The lowest BCUT2D eigenvalue weighted by atomic mass is 9.98. The first kappa shape index (κ1) is 13.8. The summed E-state index contributed by atoms with van der Waals surface area (Å²) in [5.74, 6) is 0.0756. The molecule has 1 N–H and O–H groups in total. The zero-order chi connectivity index (χ0) is 13.4. The minimum Gasteiger partial charge on any atom is -0.366 e. The van der Waals surface area contributed by atoms with E-state index >= 15 is 0 Å². The van der Waals surface area contributed by atoms with Gasteiger partial charge in [-0.3, -0.25) is 4.79 Å². The van der Waals surface area contributed by atoms with Gasteiger partial charge in [-0.05, 0) is 27.7 Å². The Morgan fingerprint density at radius 1 is 1.22 bits per heavy atom. The summed E-state index contributed by atoms with van der Waals surface area (Å²) in [6, 6.07) is 0. The molecular formula is C13H24N2O3. The largest absolute Gasteiger partial charge is 0.366 e. The molecule has 0 aromatic heterocycles. The number of nitrogens with one attached hydrogen (secondary N) is 1. The molecule has 2 heterocycles. The van der Waals surface area contributed by atoms with Crippen LogP contribution in [-0.4, -0.2) is 60.9 Å². The molecule has 2 rings (SSSR count). The van der Waals surface area contributed by atoms with Crippen molar-refractivity contribution in [2.75, 3.05) is 32.8 Å². The van der Waals surface area contributed by atoms with Crippen LogP contribution < -0.4 is 5.32 Å². The van der Waals surface area contributed by atoms with Crippen LogP contribution in [0.3, 0.4) is 0 Å². The van der Waals surface area contributed by atoms with Gasteiger partial charge in [-0.15, -0.1) is 0 Å². The number of nitrogens with zero attached hydrogens (tertiary/aromatic N) is 1. The van der Waals surface area contributed by atoms with Crippen molar-refractivity contribution < 1.29 is 14.3 Å². The van der Waals surface area contributed by atoms with Crippen LogP contribution in [0.4, 0.5) is 0 Å². The van der Waals surface area contributed by atoms with Gasteiger partial charge in [0.1, 0.15) is 6.10 Å². The molecule has 18 heavy (non-hydrogen) atoms. The van der Waals surface area contributed by atoms with Gasteiger partial charge in [0, 0.05) is 26.2 Å². The fourth-order valence-corrected chi connectivity index (χ4v) is 2.87. The number of hydrogen-bond acceptors (Lipinski definition) is 4. The molecule has 1 amide bonds. The van der Waals surface area contributed by atoms with E-state index in [0.717, 1.165) is 6.54 Å². The van der Waals surface area contributed by atoms with Crippen LogP contribution in [0.5, 0.6) is 0 Å². The van der Waals surface area contributed by atoms with E-state index in [4.69, 9.17) is 9.47 Å². The third-order valence-corrected chi connectivity index (χ3v) is 3.21. The fourth-order valence-electron chi connectivity index (χ4n) is 2.87. The maximum absolute atomic E-state index is 12.4. The van der Waals surface area contributed by atoms with Crippen molar-refractivity contribution in [2.45, 2.75) is 45.0 Å². The van der Waals surface area contributed by atoms with Crippen LogP contribution in [-0.2, 0) is 14.3 Å². The maximum atomic E-state index is 12.4. The van der Waals surface area contributed by atoms with Gasteiger partial charge in [-0.2, -0.15) is 0 Å². The van der Waals surface area contributed by atoms with E-state index in [0.29, 0.717) is 26.2 Å². The summed E-state index contributed by atoms with van der Waals surface area (Å²) in [5.41, 5.74) is -0.612. The van der Waals surface area contributed by atoms with E-state index < -0.39 is 0 Å². The molecule has 2 aliphatic heterocycles. The lowest BCUT2D eigenvalue weighted by Crippen LogP contribution is -2.61. The summed E-state index contributed by atoms with van der Waals surface area (Å²) in [6.07, 6.45) is -0.344. The summed E-state index contributed by atoms with van der Waals surface area (Å²) in [7, 11) is 0. The molecule has 2 saturated heterocycles. The second-order valence-corrected chi connectivity index (χ2v) is 6.38. The molecule has 2 aliphatic rings. The van der Waals surface area contributed by atoms with Crippen LogP contribution in [0.1, 0.15) is 27.7 Å². The summed E-state index contributed by atoms with van der Waals surface area (Å²) in [4.78, 5) is 14.3. The zero-order valence-electron chi connectivity index (χ0n) is 11.8. The highest BCUT2D eigenvalue weighted by Gasteiger charge is 2.41. The Morgan fingerprint density at radius 2 is 1.83 bits per heavy atom. The van der Waals surface area contributed by atoms with E-state index in [1.807, 2.05) is 32.6 Å². The molecule has 0 bridgehead atoms. The lowest BCUT2D eigenvalue weighted by molar-refractivity contribution is -0.193. The van der Waals surface area contributed by atoms with E-state index in [-0.39, 0.29) is 23.2 Å². The van der Waals surface area contributed by atoms with Crippen molar-refractivity contribution >= 4 is 5.91 Å². The highest BCUT2D eigenvalue weighted by molar-refractivity contribution is 5.81. The van der Waals surface area contributed by atoms with E-state index in [2.05, 4.69) is 5.32 Å². The van der Waals surface area contributed by atoms with Crippen molar-refractivity contribution in [3.05, 3.63) is 0 Å². The molecule has 5 nitrogen and oxygen atoms in total. The van der Waals surface area contributed by atoms with Crippen LogP contribution in [0.2, 0.25) is 0 Å². The number of carbonyl (C=O) groups is 1. The Balaban J connectivity index is 2.05. The van der Waals surface area contributed by atoms with Crippen LogP contribution in [0.25, 0.3) is 0 Å². The first-order valence-corrected chi connectivity index (χ1v) is 6.60. The first-order valence-electron chi connectivity index (χ1n) is 6.60. The first-order chi connectivity index (χ1) is 8.29. The molecule has 0 aromatic carbocycles. The molecule has 104 valence electrons. The van der Waals surface area contributed by atoms with Gasteiger partial charge in [0.25, 0.3) is 5.91 Å². The average molecular weight is 256 g/mol. The van der Waals surface area contributed by atoms with Gasteiger partial charge in [-0.25, -0.2) is 0 Å². The summed E-state index contributed by atoms with van der Waals surface area (Å²) >= 11 is 0. The molecular weight excluding hydrogens is 232 g/mol. The van der Waals surface area contributed by atoms with E-state index in [1.54, 1.807) is 0 Å². The van der Waals surface area contributed by atoms with E-state index in [1.165, 1.54) is 0 Å². The van der Waals surface area contributed by atoms with Gasteiger partial charge in [0.05, 0.1) is 17.8 Å². The van der Waals surface area contributed by atoms with Crippen LogP contribution >= 0.6 is 0 Å². The third kappa shape index (κ3) is 3.22. The van der Waals surface area contributed by atoms with Crippen LogP contribution in [0, 0.1) is 0 Å². The number of morpholine rings is 2. The fraction of sp³-hybridized carbons (Fsp3) is 0.923. The van der Waals surface area contributed by atoms with Crippen molar-refractivity contribution in [1.29, 1.82) is 0 Å². The minimum atomic E-state index is -0.344. The molecule has 0 aliphatic carbocycles. The Morgan fingerprint density at radius 3 is 2.33 bits per heavy atom. The zero-order valence-corrected chi connectivity index (χ0v) is 11.8. The highest BCUT2D eigenvalue weighted by Crippen LogP contribution is 2.28. The number of amides is 1. The number of rotatable bonds is 1. The molecule has 1 unspecified atom stereocenters. The predicted octanol–water partition coefficient (Wildman–Crippen LogP) is 0.391. The second kappa shape index (κ2) is 4.79. The number of carbonyl (C=O) groups excluding carboxylic acids is 1. The number of ether oxygens (including phenoxy) is 2. The molecule has 1 atom stereocenters. The normalized spacial score (nSPS) is 31.1. The highest BCUT2D eigenvalue weighted by atomic mass is 16.5. The van der Waals surface area contributed by atoms with E-state index in [9.17, 15) is 4.79 Å². The summed E-state index contributed by atoms with van der Waals surface area (Å²) < 4.78 is 11.5.